The van der Waals surface area contributed by atoms with Crippen LogP contribution >= 0.6 is 0 Å². The fourth-order valence-corrected chi connectivity index (χ4v) is 2.07. The quantitative estimate of drug-likeness (QED) is 0.378. The van der Waals surface area contributed by atoms with Crippen LogP contribution in [0.2, 0.25) is 0 Å². The van der Waals surface area contributed by atoms with Crippen LogP contribution in [0.15, 0.2) is 52.0 Å². The number of para-hydroxylation sites is 2. The lowest BCUT2D eigenvalue weighted by Gasteiger charge is -2.10. The molecule has 0 amide bonds. The number of benzene rings is 2. The molecule has 1 heterocycles. The lowest BCUT2D eigenvalue weighted by molar-refractivity contribution is -0.0543. The van der Waals surface area contributed by atoms with E-state index in [0.29, 0.717) is 11.1 Å². The fraction of sp³-hybridized carbons (Fsp3) is 0.125. The van der Waals surface area contributed by atoms with E-state index in [1.807, 2.05) is 0 Å². The van der Waals surface area contributed by atoms with Crippen molar-refractivity contribution >= 4 is 23.3 Å². The van der Waals surface area contributed by atoms with E-state index in [0.717, 1.165) is 12.3 Å². The van der Waals surface area contributed by atoms with Crippen molar-refractivity contribution in [3.8, 4) is 11.5 Å². The Balaban J connectivity index is 1.77. The van der Waals surface area contributed by atoms with Crippen molar-refractivity contribution < 1.29 is 31.5 Å². The number of ether oxygens (including phenoxy) is 2. The Morgan fingerprint density at radius 3 is 2.54 bits per heavy atom. The molecule has 1 N–H and O–H groups in total. The van der Waals surface area contributed by atoms with Crippen LogP contribution in [0.1, 0.15) is 5.56 Å². The lowest BCUT2D eigenvalue weighted by atomic mass is 10.2. The Hall–Kier alpha value is -3.30. The van der Waals surface area contributed by atoms with Crippen molar-refractivity contribution in [2.24, 2.45) is 5.10 Å². The number of hydrogen-bond acceptors (Lipinski definition) is 6. The summed E-state index contributed by atoms with van der Waals surface area (Å²) in [6, 6.07) is 10.4. The minimum atomic E-state index is -3.14. The highest BCUT2D eigenvalue weighted by atomic mass is 19.3. The van der Waals surface area contributed by atoms with Crippen molar-refractivity contribution in [3.05, 3.63) is 48.0 Å². The number of hydrogen-bond donors (Lipinski definition) is 1. The zero-order valence-electron chi connectivity index (χ0n) is 12.9. The maximum absolute atomic E-state index is 12.5. The fourth-order valence-electron chi connectivity index (χ4n) is 2.07. The Labute approximate surface area is 144 Å². The van der Waals surface area contributed by atoms with Crippen LogP contribution < -0.4 is 14.9 Å². The first-order valence-corrected chi connectivity index (χ1v) is 7.19. The monoisotopic (exact) mass is 369 g/mol. The minimum absolute atomic E-state index is 0.0939. The molecule has 3 aromatic rings. The van der Waals surface area contributed by atoms with Gasteiger partial charge in [-0.15, -0.1) is 0 Å². The summed E-state index contributed by atoms with van der Waals surface area (Å²) in [5.74, 6) is -0.694. The second-order valence-electron chi connectivity index (χ2n) is 4.81. The molecule has 3 rings (SSSR count). The third-order valence-corrected chi connectivity index (χ3v) is 3.08. The van der Waals surface area contributed by atoms with Gasteiger partial charge in [0.25, 0.3) is 0 Å². The summed E-state index contributed by atoms with van der Waals surface area (Å²) in [6.45, 7) is -6.23. The van der Waals surface area contributed by atoms with Gasteiger partial charge in [-0.1, -0.05) is 12.1 Å². The van der Waals surface area contributed by atoms with E-state index in [1.54, 1.807) is 24.3 Å². The molecule has 0 atom stereocenters. The highest BCUT2D eigenvalue weighted by Gasteiger charge is 2.12. The van der Waals surface area contributed by atoms with Gasteiger partial charge in [0.1, 0.15) is 17.0 Å². The molecule has 0 spiro atoms. The summed E-state index contributed by atoms with van der Waals surface area (Å²) in [6.07, 6.45) is 1.15. The molecular weight excluding hydrogens is 358 g/mol. The van der Waals surface area contributed by atoms with Gasteiger partial charge < -0.3 is 13.9 Å². The van der Waals surface area contributed by atoms with Gasteiger partial charge in [-0.3, -0.25) is 0 Å². The van der Waals surface area contributed by atoms with Crippen molar-refractivity contribution in [2.45, 2.75) is 13.2 Å². The van der Waals surface area contributed by atoms with Crippen LogP contribution in [-0.2, 0) is 0 Å². The molecule has 0 bridgehead atoms. The minimum Gasteiger partial charge on any atom is -0.435 e. The predicted octanol–water partition coefficient (Wildman–Crippen LogP) is 4.48. The predicted molar refractivity (Wildman–Crippen MR) is 84.9 cm³/mol. The molecule has 0 aliphatic rings. The number of nitrogens with zero attached hydrogens (tertiary/aromatic N) is 2. The van der Waals surface area contributed by atoms with E-state index in [9.17, 15) is 17.6 Å². The third kappa shape index (κ3) is 4.41. The number of oxazole rings is 1. The molecular formula is C16H11F4N3O3. The van der Waals surface area contributed by atoms with Crippen LogP contribution in [0, 0.1) is 0 Å². The molecule has 2 aromatic carbocycles. The maximum atomic E-state index is 12.5. The summed E-state index contributed by atoms with van der Waals surface area (Å²) < 4.78 is 63.3. The number of hydrazone groups is 1. The first-order valence-electron chi connectivity index (χ1n) is 7.19. The molecule has 0 saturated heterocycles. The Bertz CT molecular complexity index is 882. The highest BCUT2D eigenvalue weighted by Crippen LogP contribution is 2.26. The van der Waals surface area contributed by atoms with E-state index in [1.165, 1.54) is 12.1 Å². The molecule has 0 aliphatic heterocycles. The smallest absolute Gasteiger partial charge is 0.387 e. The lowest BCUT2D eigenvalue weighted by Crippen LogP contribution is -2.07. The highest BCUT2D eigenvalue weighted by molar-refractivity contribution is 5.84. The van der Waals surface area contributed by atoms with Crippen LogP contribution in [-0.4, -0.2) is 24.4 Å². The number of anilines is 1. The van der Waals surface area contributed by atoms with Gasteiger partial charge in [-0.2, -0.15) is 27.6 Å². The Morgan fingerprint density at radius 1 is 1.04 bits per heavy atom. The molecule has 10 heteroatoms. The Morgan fingerprint density at radius 2 is 1.81 bits per heavy atom. The molecule has 6 nitrogen and oxygen atoms in total. The van der Waals surface area contributed by atoms with Crippen molar-refractivity contribution in [2.75, 3.05) is 5.43 Å². The number of fused-ring (bicyclic) bond motifs is 1. The van der Waals surface area contributed by atoms with Gasteiger partial charge in [0.05, 0.1) is 6.21 Å². The van der Waals surface area contributed by atoms with Crippen LogP contribution in [0.25, 0.3) is 11.1 Å². The summed E-state index contributed by atoms with van der Waals surface area (Å²) >= 11 is 0. The van der Waals surface area contributed by atoms with Gasteiger partial charge in [0.15, 0.2) is 5.58 Å². The summed E-state index contributed by atoms with van der Waals surface area (Å²) in [5.41, 5.74) is 3.77. The summed E-state index contributed by atoms with van der Waals surface area (Å²) in [5, 5.41) is 3.82. The second-order valence-corrected chi connectivity index (χ2v) is 4.81. The van der Waals surface area contributed by atoms with E-state index in [-0.39, 0.29) is 23.1 Å². The molecule has 26 heavy (non-hydrogen) atoms. The first-order chi connectivity index (χ1) is 12.5. The zero-order chi connectivity index (χ0) is 18.5. The third-order valence-electron chi connectivity index (χ3n) is 3.08. The second kappa shape index (κ2) is 7.72. The van der Waals surface area contributed by atoms with Crippen molar-refractivity contribution in [3.63, 3.8) is 0 Å². The van der Waals surface area contributed by atoms with Crippen LogP contribution in [0.4, 0.5) is 23.6 Å². The van der Waals surface area contributed by atoms with Gasteiger partial charge in [0.2, 0.25) is 0 Å². The SMILES string of the molecule is FC(F)Oc1ccc(/C=N/Nc2nc3ccccc3o2)c(OC(F)F)c1. The Kier molecular flexibility index (Phi) is 5.20. The van der Waals surface area contributed by atoms with Crippen LogP contribution in [0.5, 0.6) is 11.5 Å². The van der Waals surface area contributed by atoms with E-state index < -0.39 is 13.2 Å². The van der Waals surface area contributed by atoms with Crippen molar-refractivity contribution in [1.82, 2.24) is 4.98 Å². The number of nitrogens with one attached hydrogen (secondary N) is 1. The molecule has 136 valence electrons. The normalized spacial score (nSPS) is 11.6. The first kappa shape index (κ1) is 17.5. The van der Waals surface area contributed by atoms with Gasteiger partial charge >= 0.3 is 19.2 Å². The molecule has 0 fully saturated rings. The number of rotatable bonds is 7. The van der Waals surface area contributed by atoms with E-state index >= 15 is 0 Å². The molecule has 1 aromatic heterocycles. The van der Waals surface area contributed by atoms with Crippen LogP contribution in [0.3, 0.4) is 0 Å². The van der Waals surface area contributed by atoms with Gasteiger partial charge in [-0.05, 0) is 24.3 Å². The largest absolute Gasteiger partial charge is 0.435 e. The molecule has 0 saturated carbocycles. The number of aromatic nitrogens is 1. The van der Waals surface area contributed by atoms with E-state index in [4.69, 9.17) is 4.42 Å². The number of alkyl halides is 4. The summed E-state index contributed by atoms with van der Waals surface area (Å²) in [7, 11) is 0. The van der Waals surface area contributed by atoms with Crippen molar-refractivity contribution in [1.29, 1.82) is 0 Å². The molecule has 0 aliphatic carbocycles. The maximum Gasteiger partial charge on any atom is 0.387 e. The standard InChI is InChI=1S/C16H11F4N3O3/c17-14(18)24-10-6-5-9(13(7-10)25-15(19)20)8-21-23-16-22-11-3-1-2-4-12(11)26-16/h1-8,14-15H,(H,22,23)/b21-8+. The summed E-state index contributed by atoms with van der Waals surface area (Å²) in [4.78, 5) is 4.12. The molecule has 0 radical (unpaired) electrons. The van der Waals surface area contributed by atoms with E-state index in [2.05, 4.69) is 25.0 Å². The zero-order valence-corrected chi connectivity index (χ0v) is 12.9. The topological polar surface area (TPSA) is 68.9 Å². The van der Waals surface area contributed by atoms with Gasteiger partial charge in [-0.25, -0.2) is 5.43 Å². The average Bonchev–Trinajstić information content (AvgIpc) is 2.98. The number of halogens is 4. The molecule has 0 unspecified atom stereocenters. The van der Waals surface area contributed by atoms with Gasteiger partial charge in [0, 0.05) is 11.6 Å². The average molecular weight is 369 g/mol.